The maximum atomic E-state index is 10.9. The number of benzene rings is 1. The van der Waals surface area contributed by atoms with Crippen molar-refractivity contribution < 1.29 is 9.90 Å². The normalized spacial score (nSPS) is 12.3. The molecule has 0 aliphatic rings. The molecule has 0 saturated heterocycles. The van der Waals surface area contributed by atoms with E-state index in [1.165, 1.54) is 0 Å². The average Bonchev–Trinajstić information content (AvgIpc) is 2.81. The summed E-state index contributed by atoms with van der Waals surface area (Å²) >= 11 is 1.57. The molecule has 0 radical (unpaired) electrons. The van der Waals surface area contributed by atoms with Gasteiger partial charge in [0.2, 0.25) is 0 Å². The van der Waals surface area contributed by atoms with Crippen LogP contribution in [-0.2, 0) is 4.79 Å². The Morgan fingerprint density at radius 2 is 2.06 bits per heavy atom. The standard InChI is InChI=1S/C12H11NO2S/c13-11(12(14)15)10-4-2-1-3-9(10)8-5-6-16-7-8/h1-7,11H,13H2,(H,14,15)/t11-/m0/s1. The van der Waals surface area contributed by atoms with E-state index in [2.05, 4.69) is 0 Å². The summed E-state index contributed by atoms with van der Waals surface area (Å²) in [5, 5.41) is 12.9. The second kappa shape index (κ2) is 4.47. The maximum absolute atomic E-state index is 10.9. The van der Waals surface area contributed by atoms with Gasteiger partial charge in [-0.25, -0.2) is 0 Å². The summed E-state index contributed by atoms with van der Waals surface area (Å²) < 4.78 is 0. The second-order valence-electron chi connectivity index (χ2n) is 3.42. The van der Waals surface area contributed by atoms with Gasteiger partial charge in [0.25, 0.3) is 0 Å². The number of thiophene rings is 1. The van der Waals surface area contributed by atoms with Crippen molar-refractivity contribution in [1.82, 2.24) is 0 Å². The van der Waals surface area contributed by atoms with Crippen molar-refractivity contribution in [2.75, 3.05) is 0 Å². The van der Waals surface area contributed by atoms with Crippen LogP contribution in [0.4, 0.5) is 0 Å². The van der Waals surface area contributed by atoms with Crippen LogP contribution >= 0.6 is 11.3 Å². The lowest BCUT2D eigenvalue weighted by atomic mass is 9.97. The molecule has 3 N–H and O–H groups in total. The Hall–Kier alpha value is -1.65. The SMILES string of the molecule is N[C@H](C(=O)O)c1ccccc1-c1ccsc1. The summed E-state index contributed by atoms with van der Waals surface area (Å²) in [5.41, 5.74) is 8.19. The highest BCUT2D eigenvalue weighted by Gasteiger charge is 2.18. The van der Waals surface area contributed by atoms with Gasteiger partial charge < -0.3 is 10.8 Å². The minimum atomic E-state index is -1.01. The van der Waals surface area contributed by atoms with Crippen LogP contribution in [0.1, 0.15) is 11.6 Å². The summed E-state index contributed by atoms with van der Waals surface area (Å²) in [6.45, 7) is 0. The molecule has 2 rings (SSSR count). The fraction of sp³-hybridized carbons (Fsp3) is 0.0833. The van der Waals surface area contributed by atoms with Crippen LogP contribution in [-0.4, -0.2) is 11.1 Å². The summed E-state index contributed by atoms with van der Waals surface area (Å²) in [5.74, 6) is -1.01. The monoisotopic (exact) mass is 233 g/mol. The molecule has 1 aromatic heterocycles. The number of hydrogen-bond acceptors (Lipinski definition) is 3. The molecule has 0 saturated carbocycles. The van der Waals surface area contributed by atoms with Crippen LogP contribution in [0.5, 0.6) is 0 Å². The summed E-state index contributed by atoms with van der Waals surface area (Å²) in [6.07, 6.45) is 0. The first-order valence-electron chi connectivity index (χ1n) is 4.80. The maximum Gasteiger partial charge on any atom is 0.325 e. The van der Waals surface area contributed by atoms with Crippen molar-refractivity contribution in [3.63, 3.8) is 0 Å². The summed E-state index contributed by atoms with van der Waals surface area (Å²) in [4.78, 5) is 10.9. The lowest BCUT2D eigenvalue weighted by molar-refractivity contribution is -0.138. The lowest BCUT2D eigenvalue weighted by Gasteiger charge is -2.11. The molecule has 3 nitrogen and oxygen atoms in total. The molecule has 0 bridgehead atoms. The number of rotatable bonds is 3. The number of carboxylic acids is 1. The summed E-state index contributed by atoms with van der Waals surface area (Å²) in [7, 11) is 0. The molecule has 4 heteroatoms. The van der Waals surface area contributed by atoms with Gasteiger partial charge in [-0.2, -0.15) is 11.3 Å². The fourth-order valence-corrected chi connectivity index (χ4v) is 2.24. The molecule has 1 atom stereocenters. The van der Waals surface area contributed by atoms with E-state index in [1.54, 1.807) is 23.5 Å². The highest BCUT2D eigenvalue weighted by Crippen LogP contribution is 2.28. The van der Waals surface area contributed by atoms with E-state index in [4.69, 9.17) is 10.8 Å². The van der Waals surface area contributed by atoms with Gasteiger partial charge in [0.05, 0.1) is 0 Å². The van der Waals surface area contributed by atoms with Crippen LogP contribution < -0.4 is 5.73 Å². The molecule has 0 amide bonds. The van der Waals surface area contributed by atoms with Gasteiger partial charge in [0.1, 0.15) is 6.04 Å². The Labute approximate surface area is 97.2 Å². The molecule has 0 spiro atoms. The van der Waals surface area contributed by atoms with E-state index in [1.807, 2.05) is 29.0 Å². The molecule has 0 aliphatic carbocycles. The molecule has 1 heterocycles. The molecule has 2 aromatic rings. The van der Waals surface area contributed by atoms with Crippen LogP contribution in [0.25, 0.3) is 11.1 Å². The zero-order valence-corrected chi connectivity index (χ0v) is 9.28. The zero-order valence-electron chi connectivity index (χ0n) is 8.46. The van der Waals surface area contributed by atoms with Crippen molar-refractivity contribution in [2.24, 2.45) is 5.73 Å². The minimum Gasteiger partial charge on any atom is -0.480 e. The van der Waals surface area contributed by atoms with E-state index < -0.39 is 12.0 Å². The minimum absolute atomic E-state index is 0.647. The second-order valence-corrected chi connectivity index (χ2v) is 4.20. The van der Waals surface area contributed by atoms with E-state index in [-0.39, 0.29) is 0 Å². The molecular weight excluding hydrogens is 222 g/mol. The Morgan fingerprint density at radius 3 is 2.69 bits per heavy atom. The van der Waals surface area contributed by atoms with E-state index in [9.17, 15) is 4.79 Å². The molecule has 0 fully saturated rings. The van der Waals surface area contributed by atoms with Crippen molar-refractivity contribution in [3.05, 3.63) is 46.7 Å². The van der Waals surface area contributed by atoms with Gasteiger partial charge in [-0.15, -0.1) is 0 Å². The number of hydrogen-bond donors (Lipinski definition) is 2. The number of carbonyl (C=O) groups is 1. The topological polar surface area (TPSA) is 63.3 Å². The Bertz CT molecular complexity index is 493. The highest BCUT2D eigenvalue weighted by molar-refractivity contribution is 7.08. The Balaban J connectivity index is 2.50. The van der Waals surface area contributed by atoms with Crippen molar-refractivity contribution in [1.29, 1.82) is 0 Å². The number of carboxylic acid groups (broad SMARTS) is 1. The first-order valence-corrected chi connectivity index (χ1v) is 5.74. The van der Waals surface area contributed by atoms with Gasteiger partial charge >= 0.3 is 5.97 Å². The third-order valence-corrected chi connectivity index (χ3v) is 3.08. The predicted octanol–water partition coefficient (Wildman–Crippen LogP) is 2.50. The predicted molar refractivity (Wildman–Crippen MR) is 64.3 cm³/mol. The van der Waals surface area contributed by atoms with Crippen molar-refractivity contribution in [2.45, 2.75) is 6.04 Å². The Kier molecular flexibility index (Phi) is 3.03. The van der Waals surface area contributed by atoms with E-state index in [0.717, 1.165) is 11.1 Å². The lowest BCUT2D eigenvalue weighted by Crippen LogP contribution is -2.21. The third kappa shape index (κ3) is 1.98. The zero-order chi connectivity index (χ0) is 11.5. The first-order chi connectivity index (χ1) is 7.70. The quantitative estimate of drug-likeness (QED) is 0.856. The van der Waals surface area contributed by atoms with E-state index in [0.29, 0.717) is 5.56 Å². The first kappa shape index (κ1) is 10.9. The molecule has 1 aromatic carbocycles. The average molecular weight is 233 g/mol. The van der Waals surface area contributed by atoms with Crippen LogP contribution in [0.2, 0.25) is 0 Å². The molecule has 16 heavy (non-hydrogen) atoms. The van der Waals surface area contributed by atoms with Crippen molar-refractivity contribution in [3.8, 4) is 11.1 Å². The van der Waals surface area contributed by atoms with Gasteiger partial charge in [-0.3, -0.25) is 4.79 Å². The fourth-order valence-electron chi connectivity index (χ4n) is 1.58. The van der Waals surface area contributed by atoms with Crippen LogP contribution in [0.3, 0.4) is 0 Å². The highest BCUT2D eigenvalue weighted by atomic mass is 32.1. The molecular formula is C12H11NO2S. The Morgan fingerprint density at radius 1 is 1.31 bits per heavy atom. The smallest absolute Gasteiger partial charge is 0.325 e. The van der Waals surface area contributed by atoms with Gasteiger partial charge in [-0.1, -0.05) is 24.3 Å². The number of aliphatic carboxylic acids is 1. The molecule has 0 aliphatic heterocycles. The van der Waals surface area contributed by atoms with Gasteiger partial charge in [-0.05, 0) is 33.5 Å². The largest absolute Gasteiger partial charge is 0.480 e. The molecule has 0 unspecified atom stereocenters. The van der Waals surface area contributed by atoms with Gasteiger partial charge in [0, 0.05) is 0 Å². The molecule has 82 valence electrons. The van der Waals surface area contributed by atoms with Gasteiger partial charge in [0.15, 0.2) is 0 Å². The van der Waals surface area contributed by atoms with Crippen molar-refractivity contribution >= 4 is 17.3 Å². The van der Waals surface area contributed by atoms with Crippen LogP contribution in [0, 0.1) is 0 Å². The number of nitrogens with two attached hydrogens (primary N) is 1. The van der Waals surface area contributed by atoms with E-state index >= 15 is 0 Å². The summed E-state index contributed by atoms with van der Waals surface area (Å²) in [6, 6.07) is 8.31. The van der Waals surface area contributed by atoms with Crippen LogP contribution in [0.15, 0.2) is 41.1 Å². The third-order valence-electron chi connectivity index (χ3n) is 2.39.